The van der Waals surface area contributed by atoms with Crippen molar-refractivity contribution in [3.63, 3.8) is 0 Å². The van der Waals surface area contributed by atoms with Crippen molar-refractivity contribution in [2.45, 2.75) is 6.61 Å². The van der Waals surface area contributed by atoms with Crippen molar-refractivity contribution in [3.05, 3.63) is 83.9 Å². The Bertz CT molecular complexity index is 647. The molecule has 1 N–H and O–H groups in total. The molecular formula is C19H19NO2. The quantitative estimate of drug-likeness (QED) is 0.863. The number of amides is 1. The van der Waals surface area contributed by atoms with E-state index in [1.165, 1.54) is 0 Å². The minimum atomic E-state index is -0.425. The fourth-order valence-electron chi connectivity index (χ4n) is 1.95. The summed E-state index contributed by atoms with van der Waals surface area (Å²) in [6.07, 6.45) is 5.22. The number of hydrogen-bond donors (Lipinski definition) is 1. The molecular weight excluding hydrogens is 274 g/mol. The third-order valence-corrected chi connectivity index (χ3v) is 3.09. The lowest BCUT2D eigenvalue weighted by atomic mass is 10.1. The van der Waals surface area contributed by atoms with Gasteiger partial charge in [-0.05, 0) is 16.7 Å². The number of hydrogen-bond acceptors (Lipinski definition) is 2. The molecule has 2 rings (SSSR count). The summed E-state index contributed by atoms with van der Waals surface area (Å²) < 4.78 is 5.13. The van der Waals surface area contributed by atoms with Crippen LogP contribution in [0.15, 0.2) is 67.3 Å². The summed E-state index contributed by atoms with van der Waals surface area (Å²) >= 11 is 0. The van der Waals surface area contributed by atoms with Crippen LogP contribution in [0.25, 0.3) is 12.2 Å². The SMILES string of the molecule is C=Cc1ccccc1C=CCNC(=O)OCc1ccccc1. The Morgan fingerprint density at radius 2 is 1.73 bits per heavy atom. The number of carbonyl (C=O) groups excluding carboxylic acids is 1. The summed E-state index contributed by atoms with van der Waals surface area (Å²) in [5, 5.41) is 2.69. The number of rotatable bonds is 6. The zero-order valence-corrected chi connectivity index (χ0v) is 12.4. The first-order chi connectivity index (χ1) is 10.8. The Morgan fingerprint density at radius 3 is 2.45 bits per heavy atom. The van der Waals surface area contributed by atoms with E-state index in [9.17, 15) is 4.79 Å². The Balaban J connectivity index is 1.75. The van der Waals surface area contributed by atoms with Crippen LogP contribution in [0.3, 0.4) is 0 Å². The van der Waals surface area contributed by atoms with E-state index in [0.717, 1.165) is 16.7 Å². The third-order valence-electron chi connectivity index (χ3n) is 3.09. The van der Waals surface area contributed by atoms with Crippen LogP contribution in [0, 0.1) is 0 Å². The number of alkyl carbamates (subject to hydrolysis) is 1. The Kier molecular flexibility index (Phi) is 6.00. The number of nitrogens with one attached hydrogen (secondary N) is 1. The first-order valence-electron chi connectivity index (χ1n) is 7.12. The fourth-order valence-corrected chi connectivity index (χ4v) is 1.95. The van der Waals surface area contributed by atoms with Crippen LogP contribution in [0.4, 0.5) is 4.79 Å². The summed E-state index contributed by atoms with van der Waals surface area (Å²) in [5.74, 6) is 0. The van der Waals surface area contributed by atoms with Crippen LogP contribution in [0.5, 0.6) is 0 Å². The van der Waals surface area contributed by atoms with Crippen molar-refractivity contribution < 1.29 is 9.53 Å². The van der Waals surface area contributed by atoms with Crippen molar-refractivity contribution in [1.82, 2.24) is 5.32 Å². The first-order valence-corrected chi connectivity index (χ1v) is 7.12. The summed E-state index contributed by atoms with van der Waals surface area (Å²) in [4.78, 5) is 11.6. The molecule has 0 unspecified atom stereocenters. The Labute approximate surface area is 130 Å². The second kappa shape index (κ2) is 8.47. The monoisotopic (exact) mass is 293 g/mol. The topological polar surface area (TPSA) is 38.3 Å². The van der Waals surface area contributed by atoms with Crippen molar-refractivity contribution in [2.24, 2.45) is 0 Å². The Hall–Kier alpha value is -2.81. The van der Waals surface area contributed by atoms with Gasteiger partial charge < -0.3 is 10.1 Å². The molecule has 112 valence electrons. The van der Waals surface area contributed by atoms with Crippen LogP contribution in [-0.4, -0.2) is 12.6 Å². The predicted octanol–water partition coefficient (Wildman–Crippen LogP) is 4.27. The molecule has 2 aromatic rings. The lowest BCUT2D eigenvalue weighted by Crippen LogP contribution is -2.24. The zero-order chi connectivity index (χ0) is 15.6. The van der Waals surface area contributed by atoms with E-state index < -0.39 is 6.09 Å². The van der Waals surface area contributed by atoms with Crippen molar-refractivity contribution in [3.8, 4) is 0 Å². The molecule has 1 amide bonds. The van der Waals surface area contributed by atoms with Crippen LogP contribution in [0.1, 0.15) is 16.7 Å². The summed E-state index contributed by atoms with van der Waals surface area (Å²) in [5.41, 5.74) is 3.09. The highest BCUT2D eigenvalue weighted by Gasteiger charge is 2.00. The van der Waals surface area contributed by atoms with Crippen LogP contribution < -0.4 is 5.32 Å². The van der Waals surface area contributed by atoms with Gasteiger partial charge in [-0.2, -0.15) is 0 Å². The van der Waals surface area contributed by atoms with Gasteiger partial charge in [-0.25, -0.2) is 4.79 Å². The van der Waals surface area contributed by atoms with E-state index in [1.54, 1.807) is 6.08 Å². The lowest BCUT2D eigenvalue weighted by Gasteiger charge is -2.05. The van der Waals surface area contributed by atoms with Crippen LogP contribution >= 0.6 is 0 Å². The highest BCUT2D eigenvalue weighted by molar-refractivity contribution is 5.68. The van der Waals surface area contributed by atoms with Gasteiger partial charge in [0.2, 0.25) is 0 Å². The Morgan fingerprint density at radius 1 is 1.05 bits per heavy atom. The van der Waals surface area contributed by atoms with E-state index in [1.807, 2.05) is 66.7 Å². The molecule has 0 heterocycles. The minimum Gasteiger partial charge on any atom is -0.445 e. The third kappa shape index (κ3) is 4.94. The summed E-state index contributed by atoms with van der Waals surface area (Å²) in [6, 6.07) is 17.5. The average Bonchev–Trinajstić information content (AvgIpc) is 2.58. The van der Waals surface area contributed by atoms with E-state index in [2.05, 4.69) is 11.9 Å². The molecule has 22 heavy (non-hydrogen) atoms. The molecule has 0 spiro atoms. The van der Waals surface area contributed by atoms with Crippen LogP contribution in [-0.2, 0) is 11.3 Å². The highest BCUT2D eigenvalue weighted by atomic mass is 16.5. The molecule has 0 aromatic heterocycles. The molecule has 0 fully saturated rings. The first kappa shape index (κ1) is 15.6. The summed E-state index contributed by atoms with van der Waals surface area (Å²) in [6.45, 7) is 4.47. The molecule has 0 aliphatic rings. The van der Waals surface area contributed by atoms with E-state index in [-0.39, 0.29) is 6.61 Å². The number of carbonyl (C=O) groups is 1. The zero-order valence-electron chi connectivity index (χ0n) is 12.4. The van der Waals surface area contributed by atoms with Gasteiger partial charge in [0.05, 0.1) is 0 Å². The predicted molar refractivity (Wildman–Crippen MR) is 90.2 cm³/mol. The minimum absolute atomic E-state index is 0.273. The van der Waals surface area contributed by atoms with E-state index in [4.69, 9.17) is 4.74 Å². The molecule has 0 radical (unpaired) electrons. The smallest absolute Gasteiger partial charge is 0.407 e. The van der Waals surface area contributed by atoms with Gasteiger partial charge in [0, 0.05) is 6.54 Å². The fraction of sp³-hybridized carbons (Fsp3) is 0.105. The van der Waals surface area contributed by atoms with E-state index in [0.29, 0.717) is 6.54 Å². The van der Waals surface area contributed by atoms with Crippen LogP contribution in [0.2, 0.25) is 0 Å². The van der Waals surface area contributed by atoms with Crippen molar-refractivity contribution in [2.75, 3.05) is 6.54 Å². The lowest BCUT2D eigenvalue weighted by molar-refractivity contribution is 0.141. The maximum atomic E-state index is 11.6. The molecule has 0 saturated carbocycles. The second-order valence-electron chi connectivity index (χ2n) is 4.68. The second-order valence-corrected chi connectivity index (χ2v) is 4.68. The van der Waals surface area contributed by atoms with Gasteiger partial charge in [0.1, 0.15) is 6.61 Å². The molecule has 3 heteroatoms. The molecule has 0 atom stereocenters. The van der Waals surface area contributed by atoms with E-state index >= 15 is 0 Å². The van der Waals surface area contributed by atoms with Crippen molar-refractivity contribution in [1.29, 1.82) is 0 Å². The normalized spacial score (nSPS) is 10.4. The van der Waals surface area contributed by atoms with Gasteiger partial charge in [-0.15, -0.1) is 0 Å². The van der Waals surface area contributed by atoms with Gasteiger partial charge in [0.25, 0.3) is 0 Å². The summed E-state index contributed by atoms with van der Waals surface area (Å²) in [7, 11) is 0. The van der Waals surface area contributed by atoms with Crippen molar-refractivity contribution >= 4 is 18.2 Å². The molecule has 0 saturated heterocycles. The standard InChI is InChI=1S/C19H19NO2/c1-2-17-11-6-7-12-18(17)13-8-14-20-19(21)22-15-16-9-4-3-5-10-16/h2-13H,1,14-15H2,(H,20,21). The maximum absolute atomic E-state index is 11.6. The molecule has 0 aliphatic heterocycles. The molecule has 0 aliphatic carbocycles. The average molecular weight is 293 g/mol. The number of benzene rings is 2. The number of ether oxygens (including phenoxy) is 1. The molecule has 3 nitrogen and oxygen atoms in total. The molecule has 0 bridgehead atoms. The van der Waals surface area contributed by atoms with Gasteiger partial charge in [0.15, 0.2) is 0 Å². The maximum Gasteiger partial charge on any atom is 0.407 e. The molecule has 2 aromatic carbocycles. The van der Waals surface area contributed by atoms with Gasteiger partial charge >= 0.3 is 6.09 Å². The van der Waals surface area contributed by atoms with Gasteiger partial charge in [-0.1, -0.05) is 79.4 Å². The largest absolute Gasteiger partial charge is 0.445 e. The van der Waals surface area contributed by atoms with Gasteiger partial charge in [-0.3, -0.25) is 0 Å². The highest BCUT2D eigenvalue weighted by Crippen LogP contribution is 2.11.